The molecule has 1 aliphatic rings. The lowest BCUT2D eigenvalue weighted by atomic mass is 10.2. The summed E-state index contributed by atoms with van der Waals surface area (Å²) in [5, 5.41) is 0. The molecular weight excluding hydrogens is 446 g/mol. The molecule has 7 nitrogen and oxygen atoms in total. The lowest BCUT2D eigenvalue weighted by molar-refractivity contribution is 0.222. The minimum absolute atomic E-state index is 0.00875. The quantitative estimate of drug-likeness (QED) is 0.381. The van der Waals surface area contributed by atoms with Crippen molar-refractivity contribution in [3.05, 3.63) is 59.7 Å². The molecule has 10 heteroatoms. The molecule has 0 bridgehead atoms. The molecule has 0 unspecified atom stereocenters. The molecule has 30 heavy (non-hydrogen) atoms. The summed E-state index contributed by atoms with van der Waals surface area (Å²) < 4.78 is 56.6. The van der Waals surface area contributed by atoms with E-state index in [9.17, 15) is 16.8 Å². The summed E-state index contributed by atoms with van der Waals surface area (Å²) >= 11 is 6.01. The van der Waals surface area contributed by atoms with Crippen molar-refractivity contribution >= 4 is 37.5 Å². The van der Waals surface area contributed by atoms with Gasteiger partial charge in [0, 0.05) is 13.1 Å². The maximum absolute atomic E-state index is 13.0. The summed E-state index contributed by atoms with van der Waals surface area (Å²) in [5.41, 5.74) is 1.90. The van der Waals surface area contributed by atoms with E-state index in [0.29, 0.717) is 19.5 Å². The summed E-state index contributed by atoms with van der Waals surface area (Å²) in [6, 6.07) is 13.0. The Morgan fingerprint density at radius 1 is 0.900 bits per heavy atom. The van der Waals surface area contributed by atoms with Gasteiger partial charge in [-0.25, -0.2) is 8.42 Å². The van der Waals surface area contributed by atoms with Crippen LogP contribution in [0, 0.1) is 13.8 Å². The summed E-state index contributed by atoms with van der Waals surface area (Å²) in [7, 11) is -7.66. The van der Waals surface area contributed by atoms with Gasteiger partial charge in [0.25, 0.3) is 10.0 Å². The van der Waals surface area contributed by atoms with Crippen LogP contribution in [0.2, 0.25) is 0 Å². The fourth-order valence-electron chi connectivity index (χ4n) is 3.10. The van der Waals surface area contributed by atoms with Crippen molar-refractivity contribution in [2.24, 2.45) is 4.40 Å². The van der Waals surface area contributed by atoms with E-state index in [1.165, 1.54) is 16.4 Å². The molecule has 0 saturated carbocycles. The molecular formula is C20H24ClN3O4S2. The van der Waals surface area contributed by atoms with Gasteiger partial charge < -0.3 is 4.90 Å². The van der Waals surface area contributed by atoms with Gasteiger partial charge in [-0.1, -0.05) is 35.4 Å². The lowest BCUT2D eigenvalue weighted by Crippen LogP contribution is -2.50. The highest BCUT2D eigenvalue weighted by Crippen LogP contribution is 2.21. The number of aryl methyl sites for hydroxylation is 2. The predicted octanol–water partition coefficient (Wildman–Crippen LogP) is 2.98. The van der Waals surface area contributed by atoms with Crippen LogP contribution in [0.4, 0.5) is 0 Å². The van der Waals surface area contributed by atoms with Crippen LogP contribution in [0.15, 0.2) is 62.7 Å². The maximum Gasteiger partial charge on any atom is 0.283 e. The normalized spacial score (nSPS) is 16.6. The average molecular weight is 470 g/mol. The van der Waals surface area contributed by atoms with Crippen LogP contribution in [0.1, 0.15) is 17.5 Å². The Bertz CT molecular complexity index is 1130. The number of amidine groups is 1. The lowest BCUT2D eigenvalue weighted by Gasteiger charge is -2.36. The standard InChI is InChI=1S/C20H24ClN3O4S2/c1-16-4-8-18(9-5-16)29(25,26)22-20(14-21)23-12-3-13-24(15-23)30(27,28)19-10-6-17(2)7-11-19/h4-11H,3,12-15H2,1-2H3/b22-20-. The van der Waals surface area contributed by atoms with Crippen molar-refractivity contribution in [2.45, 2.75) is 30.1 Å². The van der Waals surface area contributed by atoms with Crippen molar-refractivity contribution < 1.29 is 16.8 Å². The monoisotopic (exact) mass is 469 g/mol. The van der Waals surface area contributed by atoms with E-state index in [1.54, 1.807) is 41.3 Å². The number of rotatable bonds is 5. The first kappa shape index (κ1) is 22.7. The Hall–Kier alpha value is -1.94. The summed E-state index contributed by atoms with van der Waals surface area (Å²) in [6.07, 6.45) is 0.533. The van der Waals surface area contributed by atoms with Crippen molar-refractivity contribution in [1.82, 2.24) is 9.21 Å². The van der Waals surface area contributed by atoms with Crippen LogP contribution >= 0.6 is 11.6 Å². The third-order valence-corrected chi connectivity index (χ3v) is 8.26. The minimum atomic E-state index is -3.95. The molecule has 3 rings (SSSR count). The Morgan fingerprint density at radius 3 is 1.97 bits per heavy atom. The molecule has 0 atom stereocenters. The van der Waals surface area contributed by atoms with Crippen molar-refractivity contribution in [1.29, 1.82) is 0 Å². The third-order valence-electron chi connectivity index (χ3n) is 4.85. The van der Waals surface area contributed by atoms with Gasteiger partial charge in [0.2, 0.25) is 10.0 Å². The predicted molar refractivity (Wildman–Crippen MR) is 118 cm³/mol. The van der Waals surface area contributed by atoms with E-state index in [-0.39, 0.29) is 28.2 Å². The Balaban J connectivity index is 1.86. The average Bonchev–Trinajstić information content (AvgIpc) is 2.73. The second kappa shape index (κ2) is 9.05. The van der Waals surface area contributed by atoms with Crippen LogP contribution in [0.25, 0.3) is 0 Å². The van der Waals surface area contributed by atoms with Crippen molar-refractivity contribution in [2.75, 3.05) is 25.6 Å². The SMILES string of the molecule is Cc1ccc(S(=O)(=O)/N=C(/CCl)N2CCCN(S(=O)(=O)c3ccc(C)cc3)C2)cc1. The highest BCUT2D eigenvalue weighted by Gasteiger charge is 2.31. The second-order valence-electron chi connectivity index (χ2n) is 7.18. The number of hydrogen-bond donors (Lipinski definition) is 0. The highest BCUT2D eigenvalue weighted by atomic mass is 35.5. The zero-order valence-electron chi connectivity index (χ0n) is 16.8. The molecule has 0 amide bonds. The van der Waals surface area contributed by atoms with Gasteiger partial charge in [0.15, 0.2) is 0 Å². The number of halogens is 1. The van der Waals surface area contributed by atoms with Crippen LogP contribution < -0.4 is 0 Å². The van der Waals surface area contributed by atoms with E-state index in [4.69, 9.17) is 11.6 Å². The molecule has 0 aliphatic carbocycles. The zero-order valence-corrected chi connectivity index (χ0v) is 19.2. The summed E-state index contributed by atoms with van der Waals surface area (Å²) in [5.74, 6) is -0.0233. The third kappa shape index (κ3) is 5.03. The number of benzene rings is 2. The fourth-order valence-corrected chi connectivity index (χ4v) is 5.89. The number of nitrogens with zero attached hydrogens (tertiary/aromatic N) is 3. The molecule has 2 aromatic rings. The fraction of sp³-hybridized carbons (Fsp3) is 0.350. The molecule has 1 aliphatic heterocycles. The van der Waals surface area contributed by atoms with Gasteiger partial charge in [-0.15, -0.1) is 16.0 Å². The molecule has 0 spiro atoms. The van der Waals surface area contributed by atoms with Gasteiger partial charge in [-0.2, -0.15) is 12.7 Å². The molecule has 0 N–H and O–H groups in total. The Morgan fingerprint density at radius 2 is 1.43 bits per heavy atom. The smallest absolute Gasteiger partial charge is 0.283 e. The summed E-state index contributed by atoms with van der Waals surface area (Å²) in [6.45, 7) is 4.55. The zero-order chi connectivity index (χ0) is 21.9. The Kier molecular flexibility index (Phi) is 6.86. The van der Waals surface area contributed by atoms with Crippen LogP contribution in [-0.4, -0.2) is 57.5 Å². The van der Waals surface area contributed by atoms with Gasteiger partial charge in [-0.3, -0.25) is 0 Å². The van der Waals surface area contributed by atoms with Gasteiger partial charge in [-0.05, 0) is 44.5 Å². The number of alkyl halides is 1. The highest BCUT2D eigenvalue weighted by molar-refractivity contribution is 7.90. The maximum atomic E-state index is 13.0. The number of sulfonamides is 2. The van der Waals surface area contributed by atoms with E-state index >= 15 is 0 Å². The first-order valence-electron chi connectivity index (χ1n) is 9.42. The molecule has 0 radical (unpaired) electrons. The van der Waals surface area contributed by atoms with Crippen LogP contribution in [0.5, 0.6) is 0 Å². The topological polar surface area (TPSA) is 87.1 Å². The molecule has 0 aromatic heterocycles. The number of hydrogen-bond acceptors (Lipinski definition) is 4. The van der Waals surface area contributed by atoms with E-state index in [0.717, 1.165) is 11.1 Å². The van der Waals surface area contributed by atoms with Crippen molar-refractivity contribution in [3.8, 4) is 0 Å². The molecule has 2 aromatic carbocycles. The second-order valence-corrected chi connectivity index (χ2v) is 11.0. The van der Waals surface area contributed by atoms with E-state index < -0.39 is 20.0 Å². The Labute approximate surface area is 183 Å². The van der Waals surface area contributed by atoms with E-state index in [1.807, 2.05) is 13.8 Å². The molecule has 1 fully saturated rings. The first-order valence-corrected chi connectivity index (χ1v) is 12.8. The van der Waals surface area contributed by atoms with Gasteiger partial charge in [0.05, 0.1) is 22.3 Å². The van der Waals surface area contributed by atoms with Crippen LogP contribution in [0.3, 0.4) is 0 Å². The largest absolute Gasteiger partial charge is 0.344 e. The van der Waals surface area contributed by atoms with Crippen LogP contribution in [-0.2, 0) is 20.0 Å². The van der Waals surface area contributed by atoms with Gasteiger partial charge in [0.1, 0.15) is 5.84 Å². The first-order chi connectivity index (χ1) is 14.1. The van der Waals surface area contributed by atoms with E-state index in [2.05, 4.69) is 4.40 Å². The van der Waals surface area contributed by atoms with Gasteiger partial charge >= 0.3 is 0 Å². The molecule has 1 saturated heterocycles. The summed E-state index contributed by atoms with van der Waals surface area (Å²) in [4.78, 5) is 1.87. The molecule has 162 valence electrons. The van der Waals surface area contributed by atoms with Crippen molar-refractivity contribution in [3.63, 3.8) is 0 Å². The minimum Gasteiger partial charge on any atom is -0.344 e. The molecule has 1 heterocycles.